The summed E-state index contributed by atoms with van der Waals surface area (Å²) in [5, 5.41) is 17.4. The highest BCUT2D eigenvalue weighted by Crippen LogP contribution is 2.36. The van der Waals surface area contributed by atoms with Gasteiger partial charge < -0.3 is 15.7 Å². The minimum absolute atomic E-state index is 0.122. The summed E-state index contributed by atoms with van der Waals surface area (Å²) in [7, 11) is 0. The van der Waals surface area contributed by atoms with E-state index in [2.05, 4.69) is 49.4 Å². The molecular formula is C25H38N6OS. The van der Waals surface area contributed by atoms with Crippen LogP contribution in [0.3, 0.4) is 0 Å². The smallest absolute Gasteiger partial charge is 0.224 e. The maximum absolute atomic E-state index is 9.56. The lowest BCUT2D eigenvalue weighted by molar-refractivity contribution is 0.217. The van der Waals surface area contributed by atoms with Gasteiger partial charge in [-0.2, -0.15) is 4.98 Å². The van der Waals surface area contributed by atoms with Crippen LogP contribution >= 0.6 is 11.3 Å². The Morgan fingerprint density at radius 1 is 1.15 bits per heavy atom. The Labute approximate surface area is 201 Å². The number of rotatable bonds is 9. The zero-order valence-electron chi connectivity index (χ0n) is 20.8. The average molecular weight is 471 g/mol. The number of fused-ring (bicyclic) bond motifs is 1. The molecule has 0 aromatic carbocycles. The van der Waals surface area contributed by atoms with E-state index in [9.17, 15) is 5.11 Å². The van der Waals surface area contributed by atoms with Gasteiger partial charge >= 0.3 is 0 Å². The zero-order chi connectivity index (χ0) is 24.0. The molecule has 2 aromatic rings. The van der Waals surface area contributed by atoms with Gasteiger partial charge in [0.2, 0.25) is 5.95 Å². The number of aliphatic imine (C=N–C) groups is 1. The van der Waals surface area contributed by atoms with Gasteiger partial charge in [-0.05, 0) is 31.6 Å². The molecule has 33 heavy (non-hydrogen) atoms. The number of allylic oxidation sites excluding steroid dienone is 1. The maximum Gasteiger partial charge on any atom is 0.224 e. The quantitative estimate of drug-likeness (QED) is 0.463. The molecule has 3 N–H and O–H groups in total. The lowest BCUT2D eigenvalue weighted by Crippen LogP contribution is -2.21. The van der Waals surface area contributed by atoms with Gasteiger partial charge in [-0.3, -0.25) is 4.99 Å². The molecule has 0 saturated carbocycles. The number of aromatic nitrogens is 3. The number of aliphatic hydroxyl groups excluding tert-OH is 1. The van der Waals surface area contributed by atoms with Crippen LogP contribution in [0.25, 0.3) is 10.6 Å². The number of aliphatic hydroxyl groups is 1. The summed E-state index contributed by atoms with van der Waals surface area (Å²) in [6, 6.07) is 0. The van der Waals surface area contributed by atoms with Crippen molar-refractivity contribution in [3.05, 3.63) is 28.5 Å². The summed E-state index contributed by atoms with van der Waals surface area (Å²) in [6.07, 6.45) is 7.42. The summed E-state index contributed by atoms with van der Waals surface area (Å²) in [4.78, 5) is 20.4. The Bertz CT molecular complexity index is 1000. The first kappa shape index (κ1) is 25.3. The molecule has 1 aliphatic rings. The molecule has 1 unspecified atom stereocenters. The van der Waals surface area contributed by atoms with Crippen molar-refractivity contribution in [1.29, 1.82) is 0 Å². The van der Waals surface area contributed by atoms with E-state index in [1.807, 2.05) is 20.0 Å². The van der Waals surface area contributed by atoms with E-state index in [0.29, 0.717) is 5.95 Å². The van der Waals surface area contributed by atoms with Crippen LogP contribution in [-0.2, 0) is 12.8 Å². The average Bonchev–Trinajstić information content (AvgIpc) is 3.11. The van der Waals surface area contributed by atoms with Crippen LogP contribution in [0.1, 0.15) is 63.7 Å². The molecule has 0 bridgehead atoms. The summed E-state index contributed by atoms with van der Waals surface area (Å²) in [5.74, 6) is 1.72. The SMILES string of the molecule is CCC(CO)CCNc1nc(NCC(C)(C)C)nc(C)c1-c1nc2c(s1)CC=CN=C(C)C2. The second-order valence-electron chi connectivity index (χ2n) is 9.96. The number of aryl methyl sites for hydroxylation is 1. The Hall–Kier alpha value is -2.32. The highest BCUT2D eigenvalue weighted by atomic mass is 32.1. The van der Waals surface area contributed by atoms with Gasteiger partial charge in [0.05, 0.1) is 17.0 Å². The number of anilines is 2. The third kappa shape index (κ3) is 7.08. The molecule has 0 radical (unpaired) electrons. The predicted molar refractivity (Wildman–Crippen MR) is 139 cm³/mol. The molecule has 2 aromatic heterocycles. The molecule has 3 heterocycles. The first-order valence-electron chi connectivity index (χ1n) is 11.8. The molecule has 0 saturated heterocycles. The van der Waals surface area contributed by atoms with Crippen LogP contribution in [0.5, 0.6) is 0 Å². The van der Waals surface area contributed by atoms with E-state index in [1.165, 1.54) is 4.88 Å². The normalized spacial score (nSPS) is 14.8. The molecule has 1 atom stereocenters. The van der Waals surface area contributed by atoms with Crippen LogP contribution in [-0.4, -0.2) is 45.5 Å². The Kier molecular flexibility index (Phi) is 8.59. The first-order valence-corrected chi connectivity index (χ1v) is 12.7. The summed E-state index contributed by atoms with van der Waals surface area (Å²) < 4.78 is 0. The van der Waals surface area contributed by atoms with E-state index in [0.717, 1.165) is 72.3 Å². The lowest BCUT2D eigenvalue weighted by atomic mass is 9.97. The highest BCUT2D eigenvalue weighted by molar-refractivity contribution is 7.15. The van der Waals surface area contributed by atoms with Crippen molar-refractivity contribution in [3.8, 4) is 10.6 Å². The van der Waals surface area contributed by atoms with Gasteiger partial charge in [-0.15, -0.1) is 11.3 Å². The molecule has 1 aliphatic heterocycles. The van der Waals surface area contributed by atoms with Crippen LogP contribution in [0.4, 0.5) is 11.8 Å². The fourth-order valence-electron chi connectivity index (χ4n) is 3.61. The van der Waals surface area contributed by atoms with E-state index >= 15 is 0 Å². The number of hydrogen-bond acceptors (Lipinski definition) is 8. The predicted octanol–water partition coefficient (Wildman–Crippen LogP) is 5.26. The van der Waals surface area contributed by atoms with Gasteiger partial charge in [-0.1, -0.05) is 40.2 Å². The van der Waals surface area contributed by atoms with Crippen molar-refractivity contribution in [3.63, 3.8) is 0 Å². The van der Waals surface area contributed by atoms with Crippen molar-refractivity contribution in [1.82, 2.24) is 15.0 Å². The third-order valence-corrected chi connectivity index (χ3v) is 6.80. The second-order valence-corrected chi connectivity index (χ2v) is 11.0. The van der Waals surface area contributed by atoms with E-state index in [1.54, 1.807) is 11.3 Å². The van der Waals surface area contributed by atoms with Crippen molar-refractivity contribution >= 4 is 28.8 Å². The molecule has 0 spiro atoms. The second kappa shape index (κ2) is 11.2. The van der Waals surface area contributed by atoms with Crippen LogP contribution < -0.4 is 10.6 Å². The highest BCUT2D eigenvalue weighted by Gasteiger charge is 2.21. The van der Waals surface area contributed by atoms with Crippen LogP contribution in [0.2, 0.25) is 0 Å². The number of thiazole rings is 1. The molecule has 3 rings (SSSR count). The number of hydrogen-bond donors (Lipinski definition) is 3. The summed E-state index contributed by atoms with van der Waals surface area (Å²) in [5.41, 5.74) is 4.14. The van der Waals surface area contributed by atoms with Crippen molar-refractivity contribution in [2.75, 3.05) is 30.3 Å². The van der Waals surface area contributed by atoms with Crippen molar-refractivity contribution < 1.29 is 5.11 Å². The standard InChI is InChI=1S/C25H38N6OS/c1-7-18(14-32)10-12-27-22-21(17(3)29-24(31-22)28-15-25(4,5)6)23-30-19-13-16(2)26-11-8-9-20(19)33-23/h8,11,18,32H,7,9-10,12-15H2,1-6H3,(H2,27,28,29,31). The third-order valence-electron chi connectivity index (χ3n) is 5.67. The maximum atomic E-state index is 9.56. The molecule has 0 aliphatic carbocycles. The topological polar surface area (TPSA) is 95.3 Å². The summed E-state index contributed by atoms with van der Waals surface area (Å²) >= 11 is 1.72. The van der Waals surface area contributed by atoms with Gasteiger partial charge in [0.1, 0.15) is 10.8 Å². The Morgan fingerprint density at radius 2 is 1.94 bits per heavy atom. The Balaban J connectivity index is 1.95. The van der Waals surface area contributed by atoms with Gasteiger partial charge in [0.15, 0.2) is 0 Å². The number of nitrogens with zero attached hydrogens (tertiary/aromatic N) is 4. The van der Waals surface area contributed by atoms with Gasteiger partial charge in [-0.25, -0.2) is 9.97 Å². The van der Waals surface area contributed by atoms with Crippen molar-refractivity contribution in [2.24, 2.45) is 16.3 Å². The number of nitrogens with one attached hydrogen (secondary N) is 2. The largest absolute Gasteiger partial charge is 0.396 e. The molecule has 0 amide bonds. The van der Waals surface area contributed by atoms with Gasteiger partial charge in [0.25, 0.3) is 0 Å². The van der Waals surface area contributed by atoms with E-state index < -0.39 is 0 Å². The van der Waals surface area contributed by atoms with Crippen LogP contribution in [0.15, 0.2) is 17.3 Å². The minimum atomic E-state index is 0.122. The summed E-state index contributed by atoms with van der Waals surface area (Å²) in [6.45, 7) is 14.5. The first-order chi connectivity index (χ1) is 15.7. The molecule has 180 valence electrons. The Morgan fingerprint density at radius 3 is 2.64 bits per heavy atom. The molecule has 7 nitrogen and oxygen atoms in total. The van der Waals surface area contributed by atoms with E-state index in [4.69, 9.17) is 15.0 Å². The molecule has 8 heteroatoms. The minimum Gasteiger partial charge on any atom is -0.396 e. The van der Waals surface area contributed by atoms with Gasteiger partial charge in [0, 0.05) is 49.3 Å². The lowest BCUT2D eigenvalue weighted by Gasteiger charge is -2.20. The monoisotopic (exact) mass is 470 g/mol. The fraction of sp³-hybridized carbons (Fsp3) is 0.600. The zero-order valence-corrected chi connectivity index (χ0v) is 21.6. The fourth-order valence-corrected chi connectivity index (χ4v) is 4.77. The van der Waals surface area contributed by atoms with Crippen molar-refractivity contribution in [2.45, 2.75) is 67.2 Å². The van der Waals surface area contributed by atoms with E-state index in [-0.39, 0.29) is 17.9 Å². The molecular weight excluding hydrogens is 432 g/mol. The molecule has 0 fully saturated rings. The van der Waals surface area contributed by atoms with Crippen LogP contribution in [0, 0.1) is 18.3 Å².